The van der Waals surface area contributed by atoms with Crippen molar-refractivity contribution in [3.63, 3.8) is 0 Å². The van der Waals surface area contributed by atoms with Gasteiger partial charge in [-0.3, -0.25) is 9.52 Å². The molecular weight excluding hydrogens is 398 g/mol. The van der Waals surface area contributed by atoms with E-state index in [-0.39, 0.29) is 17.1 Å². The summed E-state index contributed by atoms with van der Waals surface area (Å²) in [6.45, 7) is 0. The third-order valence-corrected chi connectivity index (χ3v) is 4.77. The first-order valence-corrected chi connectivity index (χ1v) is 9.73. The van der Waals surface area contributed by atoms with E-state index in [1.165, 1.54) is 18.2 Å². The van der Waals surface area contributed by atoms with Crippen LogP contribution < -0.4 is 10.3 Å². The number of para-hydroxylation sites is 1. The van der Waals surface area contributed by atoms with Gasteiger partial charge in [0, 0.05) is 5.56 Å². The van der Waals surface area contributed by atoms with E-state index in [0.717, 1.165) is 5.41 Å². The van der Waals surface area contributed by atoms with Crippen LogP contribution in [0.4, 0.5) is 5.69 Å². The highest BCUT2D eigenvalue weighted by molar-refractivity contribution is 7.95. The van der Waals surface area contributed by atoms with Gasteiger partial charge in [0.1, 0.15) is 5.82 Å². The number of carboxylic acids is 1. The fraction of sp³-hybridized carbons (Fsp3) is 0. The van der Waals surface area contributed by atoms with Crippen molar-refractivity contribution >= 4 is 27.8 Å². The molecule has 0 saturated carbocycles. The van der Waals surface area contributed by atoms with Crippen LogP contribution in [0, 0.1) is 0 Å². The summed E-state index contributed by atoms with van der Waals surface area (Å²) in [4.78, 5) is 29.0. The molecule has 2 aromatic carbocycles. The van der Waals surface area contributed by atoms with Gasteiger partial charge >= 0.3 is 5.97 Å². The lowest BCUT2D eigenvalue weighted by Gasteiger charge is -2.11. The highest BCUT2D eigenvalue weighted by Gasteiger charge is 2.19. The van der Waals surface area contributed by atoms with E-state index in [1.807, 2.05) is 0 Å². The van der Waals surface area contributed by atoms with Gasteiger partial charge in [-0.2, -0.15) is 0 Å². The van der Waals surface area contributed by atoms with Gasteiger partial charge in [-0.25, -0.2) is 18.2 Å². The zero-order valence-corrected chi connectivity index (χ0v) is 15.6. The molecule has 0 atom stereocenters. The molecule has 0 saturated heterocycles. The Balaban J connectivity index is 1.99. The number of hydrogen-bond acceptors (Lipinski definition) is 6. The van der Waals surface area contributed by atoms with Gasteiger partial charge in [-0.1, -0.05) is 42.5 Å². The lowest BCUT2D eigenvalue weighted by Crippen LogP contribution is -2.16. The first-order chi connectivity index (χ1) is 13.8. The summed E-state index contributed by atoms with van der Waals surface area (Å²) in [5.41, 5.74) is -1.03. The van der Waals surface area contributed by atoms with Crippen LogP contribution >= 0.6 is 0 Å². The molecule has 0 aliphatic rings. The number of benzene rings is 2. The van der Waals surface area contributed by atoms with Gasteiger partial charge in [0.2, 0.25) is 5.75 Å². The van der Waals surface area contributed by atoms with Crippen LogP contribution in [0.2, 0.25) is 0 Å². The molecule has 1 aromatic heterocycles. The number of H-pyrrole nitrogens is 1. The number of aromatic hydroxyl groups is 1. The van der Waals surface area contributed by atoms with Crippen molar-refractivity contribution in [3.8, 4) is 17.1 Å². The van der Waals surface area contributed by atoms with Crippen LogP contribution in [0.5, 0.6) is 5.75 Å². The fourth-order valence-corrected chi connectivity index (χ4v) is 3.33. The van der Waals surface area contributed by atoms with Gasteiger partial charge in [0.15, 0.2) is 5.69 Å². The van der Waals surface area contributed by atoms with Crippen molar-refractivity contribution < 1.29 is 23.4 Å². The first-order valence-electron chi connectivity index (χ1n) is 8.19. The molecule has 10 heteroatoms. The van der Waals surface area contributed by atoms with Crippen LogP contribution in [-0.4, -0.2) is 34.6 Å². The summed E-state index contributed by atoms with van der Waals surface area (Å²) in [6.07, 6.45) is 1.41. The fourth-order valence-electron chi connectivity index (χ4n) is 2.44. The van der Waals surface area contributed by atoms with Crippen molar-refractivity contribution in [2.24, 2.45) is 0 Å². The predicted molar refractivity (Wildman–Crippen MR) is 107 cm³/mol. The summed E-state index contributed by atoms with van der Waals surface area (Å²) < 4.78 is 27.2. The number of carbonyl (C=O) groups is 1. The lowest BCUT2D eigenvalue weighted by atomic mass is 10.1. The van der Waals surface area contributed by atoms with E-state index in [0.29, 0.717) is 5.56 Å². The average Bonchev–Trinajstić information content (AvgIpc) is 2.69. The second-order valence-corrected chi connectivity index (χ2v) is 7.39. The molecule has 9 nitrogen and oxygen atoms in total. The maximum Gasteiger partial charge on any atom is 0.358 e. The Morgan fingerprint density at radius 1 is 1.07 bits per heavy atom. The van der Waals surface area contributed by atoms with Crippen LogP contribution in [0.25, 0.3) is 17.5 Å². The molecule has 0 aliphatic heterocycles. The Kier molecular flexibility index (Phi) is 5.46. The summed E-state index contributed by atoms with van der Waals surface area (Å²) in [6, 6.07) is 14.8. The van der Waals surface area contributed by atoms with Crippen molar-refractivity contribution in [1.82, 2.24) is 9.97 Å². The molecule has 0 unspecified atom stereocenters. The molecule has 1 heterocycles. The van der Waals surface area contributed by atoms with Gasteiger partial charge in [0.25, 0.3) is 15.6 Å². The number of aromatic nitrogens is 2. The average molecular weight is 413 g/mol. The minimum absolute atomic E-state index is 0.0652. The summed E-state index contributed by atoms with van der Waals surface area (Å²) >= 11 is 0. The second kappa shape index (κ2) is 7.98. The molecule has 29 heavy (non-hydrogen) atoms. The van der Waals surface area contributed by atoms with Crippen LogP contribution in [0.1, 0.15) is 16.1 Å². The predicted octanol–water partition coefficient (Wildman–Crippen LogP) is 2.25. The van der Waals surface area contributed by atoms with E-state index in [1.54, 1.807) is 42.5 Å². The van der Waals surface area contributed by atoms with Crippen LogP contribution in [0.3, 0.4) is 0 Å². The highest BCUT2D eigenvalue weighted by Crippen LogP contribution is 2.26. The molecular formula is C19H15N3O6S. The zero-order chi connectivity index (χ0) is 21.0. The smallest absolute Gasteiger partial charge is 0.358 e. The highest BCUT2D eigenvalue weighted by atomic mass is 32.2. The molecule has 0 amide bonds. The Morgan fingerprint density at radius 3 is 2.41 bits per heavy atom. The normalized spacial score (nSPS) is 11.4. The minimum atomic E-state index is -3.92. The maximum atomic E-state index is 12.4. The maximum absolute atomic E-state index is 12.4. The number of sulfonamides is 1. The van der Waals surface area contributed by atoms with Gasteiger partial charge in [-0.15, -0.1) is 0 Å². The molecule has 0 bridgehead atoms. The van der Waals surface area contributed by atoms with E-state index < -0.39 is 33.0 Å². The first kappa shape index (κ1) is 19.8. The summed E-state index contributed by atoms with van der Waals surface area (Å²) in [7, 11) is -3.92. The molecule has 4 N–H and O–H groups in total. The number of aromatic amines is 1. The number of rotatable bonds is 6. The molecule has 3 rings (SSSR count). The minimum Gasteiger partial charge on any atom is -0.501 e. The molecule has 0 radical (unpaired) electrons. The van der Waals surface area contributed by atoms with Crippen molar-refractivity contribution in [2.45, 2.75) is 0 Å². The van der Waals surface area contributed by atoms with Gasteiger partial charge < -0.3 is 15.2 Å². The quantitative estimate of drug-likeness (QED) is 0.484. The third-order valence-electron chi connectivity index (χ3n) is 3.77. The Bertz CT molecular complexity index is 1250. The zero-order valence-electron chi connectivity index (χ0n) is 14.7. The van der Waals surface area contributed by atoms with E-state index >= 15 is 0 Å². The lowest BCUT2D eigenvalue weighted by molar-refractivity contribution is 0.0686. The monoisotopic (exact) mass is 413 g/mol. The van der Waals surface area contributed by atoms with Crippen LogP contribution in [-0.2, 0) is 10.0 Å². The Morgan fingerprint density at radius 2 is 1.72 bits per heavy atom. The van der Waals surface area contributed by atoms with E-state index in [9.17, 15) is 23.1 Å². The molecule has 148 valence electrons. The SMILES string of the molecule is O=C(O)c1nc(-c2ccccc2NS(=O)(=O)/C=C/c2ccccc2)[nH]c(=O)c1O. The summed E-state index contributed by atoms with van der Waals surface area (Å²) in [5.74, 6) is -2.85. The van der Waals surface area contributed by atoms with Crippen LogP contribution in [0.15, 0.2) is 64.8 Å². The van der Waals surface area contributed by atoms with Crippen molar-refractivity contribution in [2.75, 3.05) is 4.72 Å². The number of aromatic carboxylic acids is 1. The van der Waals surface area contributed by atoms with E-state index in [4.69, 9.17) is 5.11 Å². The van der Waals surface area contributed by atoms with Gasteiger partial charge in [-0.05, 0) is 23.8 Å². The Hall–Kier alpha value is -3.92. The van der Waals surface area contributed by atoms with Crippen molar-refractivity contribution in [1.29, 1.82) is 0 Å². The largest absolute Gasteiger partial charge is 0.501 e. The topological polar surface area (TPSA) is 149 Å². The number of nitrogens with zero attached hydrogens (tertiary/aromatic N) is 1. The number of hydrogen-bond donors (Lipinski definition) is 4. The standard InChI is InChI=1S/C19H15N3O6S/c23-16-15(19(25)26)20-17(21-18(16)24)13-8-4-5-9-14(13)22-29(27,28)11-10-12-6-2-1-3-7-12/h1-11,22-23H,(H,25,26)(H,20,21,24)/b11-10+. The van der Waals surface area contributed by atoms with Crippen molar-refractivity contribution in [3.05, 3.63) is 81.6 Å². The number of carboxylic acid groups (broad SMARTS) is 1. The van der Waals surface area contributed by atoms with E-state index in [2.05, 4.69) is 14.7 Å². The summed E-state index contributed by atoms with van der Waals surface area (Å²) in [5, 5.41) is 19.6. The number of nitrogens with one attached hydrogen (secondary N) is 2. The van der Waals surface area contributed by atoms with Gasteiger partial charge in [0.05, 0.1) is 11.1 Å². The second-order valence-electron chi connectivity index (χ2n) is 5.82. The molecule has 0 aliphatic carbocycles. The third kappa shape index (κ3) is 4.68. The molecule has 3 aromatic rings. The molecule has 0 fully saturated rings. The molecule has 0 spiro atoms. The number of anilines is 1. The Labute approximate surface area is 165 Å².